The van der Waals surface area contributed by atoms with Crippen LogP contribution in [0.25, 0.3) is 0 Å². The molecule has 3 N–H and O–H groups in total. The number of benzene rings is 1. The summed E-state index contributed by atoms with van der Waals surface area (Å²) in [5.74, 6) is 0.589. The highest BCUT2D eigenvalue weighted by molar-refractivity contribution is 5.33. The highest BCUT2D eigenvalue weighted by Gasteiger charge is 2.07. The molecule has 0 fully saturated rings. The Kier molecular flexibility index (Phi) is 4.92. The van der Waals surface area contributed by atoms with E-state index in [1.807, 2.05) is 26.0 Å². The molecular formula is C15H21N5O. The number of aryl methyl sites for hydroxylation is 1. The van der Waals surface area contributed by atoms with Crippen LogP contribution in [0.3, 0.4) is 0 Å². The van der Waals surface area contributed by atoms with E-state index in [0.29, 0.717) is 5.95 Å². The van der Waals surface area contributed by atoms with E-state index in [9.17, 15) is 0 Å². The molecule has 1 heterocycles. The van der Waals surface area contributed by atoms with Gasteiger partial charge in [-0.15, -0.1) is 0 Å². The second-order valence-electron chi connectivity index (χ2n) is 5.07. The van der Waals surface area contributed by atoms with Crippen molar-refractivity contribution < 1.29 is 4.74 Å². The maximum Gasteiger partial charge on any atom is 0.323 e. The molecule has 0 aliphatic carbocycles. The quantitative estimate of drug-likeness (QED) is 0.847. The Morgan fingerprint density at radius 3 is 2.67 bits per heavy atom. The Morgan fingerprint density at radius 2 is 1.95 bits per heavy atom. The largest absolute Gasteiger partial charge is 0.461 e. The van der Waals surface area contributed by atoms with E-state index in [1.54, 1.807) is 0 Å². The summed E-state index contributed by atoms with van der Waals surface area (Å²) in [5, 5.41) is 3.15. The van der Waals surface area contributed by atoms with Crippen molar-refractivity contribution in [3.05, 3.63) is 35.4 Å². The lowest BCUT2D eigenvalue weighted by Gasteiger charge is -2.10. The Balaban J connectivity index is 1.97. The number of anilines is 2. The topological polar surface area (TPSA) is 86.0 Å². The minimum Gasteiger partial charge on any atom is -0.461 e. The minimum atomic E-state index is -0.00776. The summed E-state index contributed by atoms with van der Waals surface area (Å²) in [7, 11) is 0. The summed E-state index contributed by atoms with van der Waals surface area (Å²) in [6.07, 6.45) is 0.880. The minimum absolute atomic E-state index is 0.00776. The van der Waals surface area contributed by atoms with Gasteiger partial charge in [0.15, 0.2) is 0 Å². The number of nitrogens with one attached hydrogen (secondary N) is 1. The summed E-state index contributed by atoms with van der Waals surface area (Å²) in [6, 6.07) is 8.54. The molecule has 0 aliphatic heterocycles. The van der Waals surface area contributed by atoms with Crippen LogP contribution in [0, 0.1) is 6.92 Å². The molecule has 2 rings (SSSR count). The predicted molar refractivity (Wildman–Crippen MR) is 83.4 cm³/mol. The second-order valence-corrected chi connectivity index (χ2v) is 5.07. The van der Waals surface area contributed by atoms with Crippen LogP contribution < -0.4 is 15.8 Å². The van der Waals surface area contributed by atoms with E-state index >= 15 is 0 Å². The van der Waals surface area contributed by atoms with Crippen LogP contribution in [0.15, 0.2) is 24.3 Å². The smallest absolute Gasteiger partial charge is 0.323 e. The fourth-order valence-electron chi connectivity index (χ4n) is 1.91. The van der Waals surface area contributed by atoms with Gasteiger partial charge in [-0.25, -0.2) is 0 Å². The van der Waals surface area contributed by atoms with Crippen LogP contribution in [0.1, 0.15) is 25.0 Å². The standard InChI is InChI=1S/C15H21N5O/c1-10(2)21-15-19-13(16)18-14(20-15)17-9-8-12-7-5-4-6-11(12)3/h4-7,10H,8-9H2,1-3H3,(H3,16,17,18,19,20). The van der Waals surface area contributed by atoms with Crippen LogP contribution in [0.2, 0.25) is 0 Å². The van der Waals surface area contributed by atoms with Crippen molar-refractivity contribution in [1.82, 2.24) is 15.0 Å². The molecule has 6 heteroatoms. The summed E-state index contributed by atoms with van der Waals surface area (Å²) in [5.41, 5.74) is 8.23. The number of nitrogen functional groups attached to an aromatic ring is 1. The number of hydrogen-bond donors (Lipinski definition) is 2. The van der Waals surface area contributed by atoms with Gasteiger partial charge < -0.3 is 15.8 Å². The lowest BCUT2D eigenvalue weighted by Crippen LogP contribution is -2.14. The lowest BCUT2D eigenvalue weighted by atomic mass is 10.1. The van der Waals surface area contributed by atoms with Gasteiger partial charge in [0.1, 0.15) is 0 Å². The summed E-state index contributed by atoms with van der Waals surface area (Å²) in [4.78, 5) is 12.2. The van der Waals surface area contributed by atoms with Crippen molar-refractivity contribution in [2.45, 2.75) is 33.3 Å². The van der Waals surface area contributed by atoms with Gasteiger partial charge >= 0.3 is 6.01 Å². The van der Waals surface area contributed by atoms with Crippen molar-refractivity contribution in [1.29, 1.82) is 0 Å². The van der Waals surface area contributed by atoms with Gasteiger partial charge in [-0.3, -0.25) is 0 Å². The van der Waals surface area contributed by atoms with Gasteiger partial charge in [0.2, 0.25) is 11.9 Å². The van der Waals surface area contributed by atoms with Crippen molar-refractivity contribution in [2.24, 2.45) is 0 Å². The van der Waals surface area contributed by atoms with Crippen molar-refractivity contribution >= 4 is 11.9 Å². The molecule has 0 spiro atoms. The van der Waals surface area contributed by atoms with Gasteiger partial charge in [-0.2, -0.15) is 15.0 Å². The Labute approximate surface area is 124 Å². The molecule has 0 saturated carbocycles. The Hall–Kier alpha value is -2.37. The van der Waals surface area contributed by atoms with E-state index in [2.05, 4.69) is 39.3 Å². The van der Waals surface area contributed by atoms with Crippen molar-refractivity contribution in [3.63, 3.8) is 0 Å². The first-order valence-corrected chi connectivity index (χ1v) is 7.01. The first-order chi connectivity index (χ1) is 10.0. The fourth-order valence-corrected chi connectivity index (χ4v) is 1.91. The molecule has 0 amide bonds. The molecule has 0 saturated heterocycles. The molecule has 0 bridgehead atoms. The van der Waals surface area contributed by atoms with Crippen LogP contribution in [-0.4, -0.2) is 27.6 Å². The number of aromatic nitrogens is 3. The number of rotatable bonds is 6. The molecular weight excluding hydrogens is 266 g/mol. The van der Waals surface area contributed by atoms with E-state index < -0.39 is 0 Å². The fraction of sp³-hybridized carbons (Fsp3) is 0.400. The van der Waals surface area contributed by atoms with Crippen LogP contribution in [0.5, 0.6) is 6.01 Å². The van der Waals surface area contributed by atoms with Crippen LogP contribution in [0.4, 0.5) is 11.9 Å². The summed E-state index contributed by atoms with van der Waals surface area (Å²) >= 11 is 0. The summed E-state index contributed by atoms with van der Waals surface area (Å²) in [6.45, 7) is 6.64. The molecule has 0 atom stereocenters. The van der Waals surface area contributed by atoms with Gasteiger partial charge in [0.25, 0.3) is 0 Å². The van der Waals surface area contributed by atoms with Gasteiger partial charge in [0.05, 0.1) is 6.10 Å². The Bertz CT molecular complexity index is 600. The molecule has 6 nitrogen and oxygen atoms in total. The van der Waals surface area contributed by atoms with Crippen molar-refractivity contribution in [3.8, 4) is 6.01 Å². The molecule has 2 aromatic rings. The van der Waals surface area contributed by atoms with E-state index in [4.69, 9.17) is 10.5 Å². The highest BCUT2D eigenvalue weighted by Crippen LogP contribution is 2.11. The average molecular weight is 287 g/mol. The third-order valence-electron chi connectivity index (χ3n) is 2.91. The van der Waals surface area contributed by atoms with Crippen LogP contribution in [-0.2, 0) is 6.42 Å². The molecule has 0 radical (unpaired) electrons. The van der Waals surface area contributed by atoms with Gasteiger partial charge in [0, 0.05) is 6.54 Å². The normalized spacial score (nSPS) is 10.7. The third kappa shape index (κ3) is 4.59. The maximum atomic E-state index is 5.66. The van der Waals surface area contributed by atoms with Gasteiger partial charge in [-0.1, -0.05) is 24.3 Å². The maximum absolute atomic E-state index is 5.66. The zero-order valence-corrected chi connectivity index (χ0v) is 12.6. The van der Waals surface area contributed by atoms with E-state index in [-0.39, 0.29) is 18.1 Å². The van der Waals surface area contributed by atoms with Gasteiger partial charge in [-0.05, 0) is 38.3 Å². The van der Waals surface area contributed by atoms with Crippen molar-refractivity contribution in [2.75, 3.05) is 17.6 Å². The Morgan fingerprint density at radius 1 is 1.19 bits per heavy atom. The lowest BCUT2D eigenvalue weighted by molar-refractivity contribution is 0.222. The number of hydrogen-bond acceptors (Lipinski definition) is 6. The third-order valence-corrected chi connectivity index (χ3v) is 2.91. The second kappa shape index (κ2) is 6.88. The number of ether oxygens (including phenoxy) is 1. The predicted octanol–water partition coefficient (Wildman–Crippen LogP) is 2.20. The number of nitrogens with zero attached hydrogens (tertiary/aromatic N) is 3. The number of nitrogens with two attached hydrogens (primary N) is 1. The molecule has 0 aliphatic rings. The highest BCUT2D eigenvalue weighted by atomic mass is 16.5. The zero-order chi connectivity index (χ0) is 15.2. The molecule has 1 aromatic carbocycles. The van der Waals surface area contributed by atoms with Crippen LogP contribution >= 0.6 is 0 Å². The first kappa shape index (κ1) is 15.0. The monoisotopic (exact) mass is 287 g/mol. The van der Waals surface area contributed by atoms with E-state index in [0.717, 1.165) is 13.0 Å². The van der Waals surface area contributed by atoms with E-state index in [1.165, 1.54) is 11.1 Å². The molecule has 1 aromatic heterocycles. The average Bonchev–Trinajstić information content (AvgIpc) is 2.39. The summed E-state index contributed by atoms with van der Waals surface area (Å²) < 4.78 is 5.44. The SMILES string of the molecule is Cc1ccccc1CCNc1nc(N)nc(OC(C)C)n1. The molecule has 0 unspecified atom stereocenters. The molecule has 21 heavy (non-hydrogen) atoms. The molecule has 112 valence electrons. The first-order valence-electron chi connectivity index (χ1n) is 7.01. The zero-order valence-electron chi connectivity index (χ0n) is 12.6.